The molecule has 102 valence electrons. The van der Waals surface area contributed by atoms with Crippen LogP contribution in [0, 0.1) is 0 Å². The van der Waals surface area contributed by atoms with E-state index in [2.05, 4.69) is 49.3 Å². The van der Waals surface area contributed by atoms with E-state index in [1.807, 2.05) is 12.1 Å². The molecule has 0 unspecified atom stereocenters. The summed E-state index contributed by atoms with van der Waals surface area (Å²) < 4.78 is 12.5. The molecule has 0 aliphatic rings. The van der Waals surface area contributed by atoms with Crippen LogP contribution in [0.4, 0.5) is 0 Å². The first-order valence-corrected chi connectivity index (χ1v) is 7.50. The number of benzene rings is 1. The number of ether oxygens (including phenoxy) is 1. The normalized spacial score (nSPS) is 10.7. The van der Waals surface area contributed by atoms with Crippen LogP contribution in [0.5, 0.6) is 5.75 Å². The molecule has 0 radical (unpaired) electrons. The molecule has 0 saturated heterocycles. The van der Waals surface area contributed by atoms with E-state index in [9.17, 15) is 0 Å². The summed E-state index contributed by atoms with van der Waals surface area (Å²) in [5.41, 5.74) is 1.19. The number of nitrogens with zero attached hydrogens (tertiary/aromatic N) is 1. The van der Waals surface area contributed by atoms with Crippen LogP contribution in [0.25, 0.3) is 0 Å². The first-order chi connectivity index (χ1) is 9.20. The first kappa shape index (κ1) is 14.6. The SMILES string of the molecule is CCNCc1cc(Br)c(OCc2ccno2)c(Br)c1. The second-order valence-electron chi connectivity index (χ2n) is 3.94. The smallest absolute Gasteiger partial charge is 0.174 e. The van der Waals surface area contributed by atoms with Gasteiger partial charge in [0.25, 0.3) is 0 Å². The van der Waals surface area contributed by atoms with Crippen LogP contribution in [-0.4, -0.2) is 11.7 Å². The summed E-state index contributed by atoms with van der Waals surface area (Å²) in [5, 5.41) is 6.93. The Kier molecular flexibility index (Phi) is 5.42. The highest BCUT2D eigenvalue weighted by atomic mass is 79.9. The van der Waals surface area contributed by atoms with E-state index in [1.165, 1.54) is 5.56 Å². The first-order valence-electron chi connectivity index (χ1n) is 5.91. The zero-order chi connectivity index (χ0) is 13.7. The molecule has 2 rings (SSSR count). The van der Waals surface area contributed by atoms with Gasteiger partial charge in [0.05, 0.1) is 15.1 Å². The quantitative estimate of drug-likeness (QED) is 0.814. The van der Waals surface area contributed by atoms with Crippen molar-refractivity contribution in [1.29, 1.82) is 0 Å². The third-order valence-corrected chi connectivity index (χ3v) is 3.67. The lowest BCUT2D eigenvalue weighted by Crippen LogP contribution is -2.11. The van der Waals surface area contributed by atoms with Crippen LogP contribution >= 0.6 is 31.9 Å². The Hall–Kier alpha value is -0.850. The van der Waals surface area contributed by atoms with Crippen LogP contribution in [0.15, 0.2) is 37.9 Å². The zero-order valence-electron chi connectivity index (χ0n) is 10.5. The topological polar surface area (TPSA) is 47.3 Å². The van der Waals surface area contributed by atoms with Crippen molar-refractivity contribution in [1.82, 2.24) is 10.5 Å². The van der Waals surface area contributed by atoms with Crippen LogP contribution in [-0.2, 0) is 13.2 Å². The minimum absolute atomic E-state index is 0.351. The van der Waals surface area contributed by atoms with E-state index < -0.39 is 0 Å². The van der Waals surface area contributed by atoms with Crippen molar-refractivity contribution in [3.63, 3.8) is 0 Å². The molecule has 0 fully saturated rings. The fourth-order valence-corrected chi connectivity index (χ4v) is 3.09. The van der Waals surface area contributed by atoms with Gasteiger partial charge in [0.2, 0.25) is 0 Å². The van der Waals surface area contributed by atoms with Gasteiger partial charge in [-0.3, -0.25) is 0 Å². The Morgan fingerprint density at radius 2 is 2.05 bits per heavy atom. The highest BCUT2D eigenvalue weighted by Crippen LogP contribution is 2.35. The molecule has 2 aromatic rings. The van der Waals surface area contributed by atoms with Crippen molar-refractivity contribution in [2.75, 3.05) is 6.54 Å². The zero-order valence-corrected chi connectivity index (χ0v) is 13.6. The Morgan fingerprint density at radius 3 is 2.63 bits per heavy atom. The van der Waals surface area contributed by atoms with E-state index in [1.54, 1.807) is 12.3 Å². The highest BCUT2D eigenvalue weighted by Gasteiger charge is 2.10. The van der Waals surface area contributed by atoms with E-state index in [-0.39, 0.29) is 0 Å². The van der Waals surface area contributed by atoms with Gasteiger partial charge in [-0.25, -0.2) is 0 Å². The number of rotatable bonds is 6. The minimum atomic E-state index is 0.351. The van der Waals surface area contributed by atoms with Gasteiger partial charge in [0, 0.05) is 12.6 Å². The fraction of sp³-hybridized carbons (Fsp3) is 0.308. The van der Waals surface area contributed by atoms with Gasteiger partial charge in [0.1, 0.15) is 12.4 Å². The van der Waals surface area contributed by atoms with Crippen LogP contribution in [0.3, 0.4) is 0 Å². The van der Waals surface area contributed by atoms with Crippen molar-refractivity contribution in [2.45, 2.75) is 20.1 Å². The average Bonchev–Trinajstić information content (AvgIpc) is 2.88. The van der Waals surface area contributed by atoms with Gasteiger partial charge in [0.15, 0.2) is 5.76 Å². The van der Waals surface area contributed by atoms with Crippen LogP contribution < -0.4 is 10.1 Å². The van der Waals surface area contributed by atoms with Crippen molar-refractivity contribution in [3.05, 3.63) is 44.7 Å². The van der Waals surface area contributed by atoms with Gasteiger partial charge in [-0.1, -0.05) is 12.1 Å². The van der Waals surface area contributed by atoms with Gasteiger partial charge < -0.3 is 14.6 Å². The molecule has 1 N–H and O–H groups in total. The van der Waals surface area contributed by atoms with Crippen molar-refractivity contribution < 1.29 is 9.26 Å². The molecule has 0 spiro atoms. The molecule has 1 aromatic heterocycles. The van der Waals surface area contributed by atoms with Gasteiger partial charge in [-0.2, -0.15) is 0 Å². The van der Waals surface area contributed by atoms with Crippen molar-refractivity contribution in [3.8, 4) is 5.75 Å². The molecule has 0 saturated carbocycles. The maximum absolute atomic E-state index is 5.72. The van der Waals surface area contributed by atoms with Crippen LogP contribution in [0.2, 0.25) is 0 Å². The third kappa shape index (κ3) is 4.06. The molecule has 0 atom stereocenters. The summed E-state index contributed by atoms with van der Waals surface area (Å²) >= 11 is 7.05. The van der Waals surface area contributed by atoms with E-state index in [0.717, 1.165) is 27.8 Å². The number of nitrogens with one attached hydrogen (secondary N) is 1. The number of aromatic nitrogens is 1. The molecular weight excluding hydrogens is 376 g/mol. The summed E-state index contributed by atoms with van der Waals surface area (Å²) in [6.45, 7) is 4.21. The lowest BCUT2D eigenvalue weighted by molar-refractivity contribution is 0.247. The summed E-state index contributed by atoms with van der Waals surface area (Å²) in [6.07, 6.45) is 1.60. The molecule has 6 heteroatoms. The minimum Gasteiger partial charge on any atom is -0.483 e. The Morgan fingerprint density at radius 1 is 1.32 bits per heavy atom. The van der Waals surface area contributed by atoms with Crippen LogP contribution in [0.1, 0.15) is 18.2 Å². The summed E-state index contributed by atoms with van der Waals surface area (Å²) in [7, 11) is 0. The van der Waals surface area contributed by atoms with Gasteiger partial charge in [-0.15, -0.1) is 0 Å². The van der Waals surface area contributed by atoms with Gasteiger partial charge in [-0.05, 0) is 56.1 Å². The third-order valence-electron chi connectivity index (χ3n) is 2.49. The molecule has 1 heterocycles. The van der Waals surface area contributed by atoms with E-state index >= 15 is 0 Å². The molecule has 0 aliphatic carbocycles. The Balaban J connectivity index is 2.08. The monoisotopic (exact) mass is 388 g/mol. The maximum atomic E-state index is 5.72. The standard InChI is InChI=1S/C13H14Br2N2O2/c1-2-16-7-9-5-11(14)13(12(15)6-9)18-8-10-3-4-17-19-10/h3-6,16H,2,7-8H2,1H3. The predicted molar refractivity (Wildman–Crippen MR) is 80.1 cm³/mol. The lowest BCUT2D eigenvalue weighted by atomic mass is 10.2. The molecular formula is C13H14Br2N2O2. The van der Waals surface area contributed by atoms with E-state index in [0.29, 0.717) is 12.4 Å². The molecule has 0 bridgehead atoms. The molecule has 0 aliphatic heterocycles. The average molecular weight is 390 g/mol. The highest BCUT2D eigenvalue weighted by molar-refractivity contribution is 9.11. The predicted octanol–water partition coefficient (Wildman–Crippen LogP) is 3.89. The largest absolute Gasteiger partial charge is 0.483 e. The summed E-state index contributed by atoms with van der Waals surface area (Å²) in [4.78, 5) is 0. The van der Waals surface area contributed by atoms with Crippen molar-refractivity contribution in [2.24, 2.45) is 0 Å². The second-order valence-corrected chi connectivity index (χ2v) is 5.65. The summed E-state index contributed by atoms with van der Waals surface area (Å²) in [6, 6.07) is 5.87. The fourth-order valence-electron chi connectivity index (χ4n) is 1.58. The molecule has 1 aromatic carbocycles. The lowest BCUT2D eigenvalue weighted by Gasteiger charge is -2.11. The number of halogens is 2. The molecule has 0 amide bonds. The number of hydrogen-bond acceptors (Lipinski definition) is 4. The molecule has 4 nitrogen and oxygen atoms in total. The second kappa shape index (κ2) is 7.07. The Bertz CT molecular complexity index is 506. The van der Waals surface area contributed by atoms with Gasteiger partial charge >= 0.3 is 0 Å². The Labute approximate surface area is 128 Å². The summed E-state index contributed by atoms with van der Waals surface area (Å²) in [5.74, 6) is 1.45. The van der Waals surface area contributed by atoms with Crippen molar-refractivity contribution >= 4 is 31.9 Å². The maximum Gasteiger partial charge on any atom is 0.174 e. The van der Waals surface area contributed by atoms with E-state index in [4.69, 9.17) is 9.26 Å². The molecule has 19 heavy (non-hydrogen) atoms. The number of hydrogen-bond donors (Lipinski definition) is 1.